The first-order valence-corrected chi connectivity index (χ1v) is 10.1. The molecule has 0 radical (unpaired) electrons. The van der Waals surface area contributed by atoms with Gasteiger partial charge in [0.25, 0.3) is 0 Å². The minimum absolute atomic E-state index is 0.0138. The number of hydrogen-bond donors (Lipinski definition) is 3. The second-order valence-electron chi connectivity index (χ2n) is 7.88. The molecule has 1 saturated heterocycles. The Morgan fingerprint density at radius 2 is 2.07 bits per heavy atom. The van der Waals surface area contributed by atoms with E-state index in [9.17, 15) is 9.90 Å². The zero-order chi connectivity index (χ0) is 19.1. The van der Waals surface area contributed by atoms with Crippen LogP contribution in [0.2, 0.25) is 0 Å². The molecule has 1 unspecified atom stereocenters. The second-order valence-corrected chi connectivity index (χ2v) is 7.88. The van der Waals surface area contributed by atoms with Crippen LogP contribution in [-0.2, 0) is 11.2 Å². The van der Waals surface area contributed by atoms with Crippen molar-refractivity contribution >= 4 is 11.9 Å². The average molecular weight is 373 g/mol. The van der Waals surface area contributed by atoms with E-state index in [1.165, 1.54) is 5.56 Å². The Hall–Kier alpha value is -2.08. The largest absolute Gasteiger partial charge is 0.396 e. The SMILES string of the molecule is CCNC(=NCC1(CO)CC1)NCC1CC(=O)N(CCc2ccccc2)C1. The van der Waals surface area contributed by atoms with Gasteiger partial charge in [-0.1, -0.05) is 30.3 Å². The van der Waals surface area contributed by atoms with Crippen molar-refractivity contribution in [2.45, 2.75) is 32.6 Å². The molecule has 0 bridgehead atoms. The number of nitrogens with zero attached hydrogens (tertiary/aromatic N) is 2. The predicted molar refractivity (Wildman–Crippen MR) is 108 cm³/mol. The van der Waals surface area contributed by atoms with Crippen molar-refractivity contribution in [1.82, 2.24) is 15.5 Å². The standard InChI is InChI=1S/C21H32N4O2/c1-2-22-20(24-15-21(16-26)9-10-21)23-13-18-12-19(27)25(14-18)11-8-17-6-4-3-5-7-17/h3-7,18,26H,2,8-16H2,1H3,(H2,22,23,24). The number of aliphatic imine (C=N–C) groups is 1. The van der Waals surface area contributed by atoms with Crippen LogP contribution >= 0.6 is 0 Å². The first-order chi connectivity index (χ1) is 13.1. The van der Waals surface area contributed by atoms with Crippen molar-refractivity contribution in [2.75, 3.05) is 39.3 Å². The summed E-state index contributed by atoms with van der Waals surface area (Å²) < 4.78 is 0. The molecule has 2 aliphatic rings. The van der Waals surface area contributed by atoms with Crippen molar-refractivity contribution < 1.29 is 9.90 Å². The van der Waals surface area contributed by atoms with Crippen LogP contribution in [0.25, 0.3) is 0 Å². The number of aliphatic hydroxyl groups excluding tert-OH is 1. The molecule has 6 heteroatoms. The maximum atomic E-state index is 12.3. The number of carbonyl (C=O) groups excluding carboxylic acids is 1. The van der Waals surface area contributed by atoms with Crippen LogP contribution in [-0.4, -0.2) is 61.2 Å². The molecule has 1 aliphatic heterocycles. The highest BCUT2D eigenvalue weighted by Gasteiger charge is 2.41. The summed E-state index contributed by atoms with van der Waals surface area (Å²) in [5.74, 6) is 1.34. The van der Waals surface area contributed by atoms with E-state index in [2.05, 4.69) is 27.8 Å². The van der Waals surface area contributed by atoms with Gasteiger partial charge >= 0.3 is 0 Å². The number of aliphatic hydroxyl groups is 1. The van der Waals surface area contributed by atoms with Gasteiger partial charge in [0.2, 0.25) is 5.91 Å². The van der Waals surface area contributed by atoms with E-state index in [1.807, 2.05) is 30.0 Å². The number of benzene rings is 1. The molecule has 1 heterocycles. The van der Waals surface area contributed by atoms with E-state index in [0.717, 1.165) is 51.4 Å². The lowest BCUT2D eigenvalue weighted by Gasteiger charge is -2.18. The maximum absolute atomic E-state index is 12.3. The van der Waals surface area contributed by atoms with Crippen molar-refractivity contribution in [3.63, 3.8) is 0 Å². The van der Waals surface area contributed by atoms with E-state index >= 15 is 0 Å². The molecule has 0 aromatic heterocycles. The molecule has 3 N–H and O–H groups in total. The molecule has 1 saturated carbocycles. The number of likely N-dealkylation sites (tertiary alicyclic amines) is 1. The Balaban J connectivity index is 1.44. The molecule has 1 amide bonds. The summed E-state index contributed by atoms with van der Waals surface area (Å²) in [7, 11) is 0. The monoisotopic (exact) mass is 372 g/mol. The summed E-state index contributed by atoms with van der Waals surface area (Å²) >= 11 is 0. The first-order valence-electron chi connectivity index (χ1n) is 10.1. The Morgan fingerprint density at radius 3 is 2.74 bits per heavy atom. The first kappa shape index (κ1) is 19.7. The molecule has 1 aromatic carbocycles. The molecule has 2 fully saturated rings. The van der Waals surface area contributed by atoms with E-state index < -0.39 is 0 Å². The number of hydrogen-bond acceptors (Lipinski definition) is 3. The van der Waals surface area contributed by atoms with Crippen LogP contribution in [0, 0.1) is 11.3 Å². The number of nitrogens with one attached hydrogen (secondary N) is 2. The van der Waals surface area contributed by atoms with Crippen molar-refractivity contribution in [2.24, 2.45) is 16.3 Å². The smallest absolute Gasteiger partial charge is 0.223 e. The van der Waals surface area contributed by atoms with Gasteiger partial charge in [-0.3, -0.25) is 9.79 Å². The third kappa shape index (κ3) is 5.70. The number of carbonyl (C=O) groups is 1. The van der Waals surface area contributed by atoms with Crippen LogP contribution in [0.5, 0.6) is 0 Å². The molecule has 148 valence electrons. The molecule has 0 spiro atoms. The molecule has 27 heavy (non-hydrogen) atoms. The van der Waals surface area contributed by atoms with Crippen LogP contribution in [0.1, 0.15) is 31.7 Å². The minimum atomic E-state index is 0.0138. The van der Waals surface area contributed by atoms with E-state index in [0.29, 0.717) is 18.9 Å². The summed E-state index contributed by atoms with van der Waals surface area (Å²) in [6, 6.07) is 10.3. The number of guanidine groups is 1. The Kier molecular flexibility index (Phi) is 6.72. The lowest BCUT2D eigenvalue weighted by molar-refractivity contribution is -0.127. The predicted octanol–water partition coefficient (Wildman–Crippen LogP) is 1.41. The quantitative estimate of drug-likeness (QED) is 0.452. The summed E-state index contributed by atoms with van der Waals surface area (Å²) in [6.45, 7) is 6.04. The van der Waals surface area contributed by atoms with Gasteiger partial charge in [0.15, 0.2) is 5.96 Å². The Labute approximate surface area is 162 Å². The topological polar surface area (TPSA) is 77.0 Å². The lowest BCUT2D eigenvalue weighted by atomic mass is 10.1. The van der Waals surface area contributed by atoms with Crippen molar-refractivity contribution in [1.29, 1.82) is 0 Å². The van der Waals surface area contributed by atoms with Gasteiger partial charge in [-0.2, -0.15) is 0 Å². The molecular formula is C21H32N4O2. The Morgan fingerprint density at radius 1 is 1.30 bits per heavy atom. The van der Waals surface area contributed by atoms with Crippen molar-refractivity contribution in [3.8, 4) is 0 Å². The summed E-state index contributed by atoms with van der Waals surface area (Å²) in [5.41, 5.74) is 1.28. The third-order valence-corrected chi connectivity index (χ3v) is 5.58. The summed E-state index contributed by atoms with van der Waals surface area (Å²) in [5, 5.41) is 16.1. The van der Waals surface area contributed by atoms with Crippen molar-refractivity contribution in [3.05, 3.63) is 35.9 Å². The molecular weight excluding hydrogens is 340 g/mol. The van der Waals surface area contributed by atoms with Gasteiger partial charge in [-0.15, -0.1) is 0 Å². The lowest BCUT2D eigenvalue weighted by Crippen LogP contribution is -2.40. The van der Waals surface area contributed by atoms with E-state index in [1.54, 1.807) is 0 Å². The number of rotatable bonds is 9. The van der Waals surface area contributed by atoms with E-state index in [-0.39, 0.29) is 17.9 Å². The molecule has 6 nitrogen and oxygen atoms in total. The minimum Gasteiger partial charge on any atom is -0.396 e. The summed E-state index contributed by atoms with van der Waals surface area (Å²) in [4.78, 5) is 18.9. The summed E-state index contributed by atoms with van der Waals surface area (Å²) in [6.07, 6.45) is 3.61. The van der Waals surface area contributed by atoms with Gasteiger partial charge in [0.1, 0.15) is 0 Å². The normalized spacial score (nSPS) is 21.4. The van der Waals surface area contributed by atoms with Gasteiger partial charge in [-0.05, 0) is 31.7 Å². The highest BCUT2D eigenvalue weighted by atomic mass is 16.3. The highest BCUT2D eigenvalue weighted by molar-refractivity contribution is 5.81. The second kappa shape index (κ2) is 9.22. The Bertz CT molecular complexity index is 643. The fourth-order valence-electron chi connectivity index (χ4n) is 3.49. The molecule has 1 aliphatic carbocycles. The highest BCUT2D eigenvalue weighted by Crippen LogP contribution is 2.45. The zero-order valence-corrected chi connectivity index (χ0v) is 16.3. The maximum Gasteiger partial charge on any atom is 0.223 e. The van der Waals surface area contributed by atoms with Crippen LogP contribution in [0.4, 0.5) is 0 Å². The van der Waals surface area contributed by atoms with Crippen LogP contribution < -0.4 is 10.6 Å². The van der Waals surface area contributed by atoms with Gasteiger partial charge in [0.05, 0.1) is 13.2 Å². The zero-order valence-electron chi connectivity index (χ0n) is 16.3. The van der Waals surface area contributed by atoms with Crippen LogP contribution in [0.3, 0.4) is 0 Å². The van der Waals surface area contributed by atoms with Gasteiger partial charge < -0.3 is 20.6 Å². The molecule has 3 rings (SSSR count). The van der Waals surface area contributed by atoms with E-state index in [4.69, 9.17) is 0 Å². The fourth-order valence-corrected chi connectivity index (χ4v) is 3.49. The van der Waals surface area contributed by atoms with Gasteiger partial charge in [-0.25, -0.2) is 0 Å². The van der Waals surface area contributed by atoms with Crippen LogP contribution in [0.15, 0.2) is 35.3 Å². The number of amides is 1. The molecule has 1 aromatic rings. The molecule has 1 atom stereocenters. The average Bonchev–Trinajstić information content (AvgIpc) is 3.39. The fraction of sp³-hybridized carbons (Fsp3) is 0.619. The van der Waals surface area contributed by atoms with Gasteiger partial charge in [0, 0.05) is 43.9 Å². The third-order valence-electron chi connectivity index (χ3n) is 5.58.